The van der Waals surface area contributed by atoms with Crippen molar-refractivity contribution in [2.45, 2.75) is 63.7 Å². The molecule has 1 rings (SSSR count). The summed E-state index contributed by atoms with van der Waals surface area (Å²) in [6.45, 7) is 3.62. The average molecular weight is 514 g/mol. The van der Waals surface area contributed by atoms with Gasteiger partial charge in [-0.3, -0.25) is 19.2 Å². The topological polar surface area (TPSA) is 222 Å². The number of thioether (sulfide) groups is 1. The van der Waals surface area contributed by atoms with E-state index in [0.29, 0.717) is 17.9 Å². The van der Waals surface area contributed by atoms with Gasteiger partial charge in [-0.2, -0.15) is 11.8 Å². The van der Waals surface area contributed by atoms with Crippen LogP contribution in [0.4, 0.5) is 0 Å². The SMILES string of the molecule is CSCCC(N)C(=O)NC(CC(N)=O)C(=O)NC(Cc1cnc[nH]1)C(=O)NC(CC(C)C)C(=O)O. The highest BCUT2D eigenvalue weighted by Crippen LogP contribution is 2.07. The molecule has 0 spiro atoms. The lowest BCUT2D eigenvalue weighted by Gasteiger charge is -2.25. The second kappa shape index (κ2) is 15.0. The molecule has 0 radical (unpaired) electrons. The summed E-state index contributed by atoms with van der Waals surface area (Å²) in [5, 5.41) is 16.8. The van der Waals surface area contributed by atoms with Gasteiger partial charge in [0.1, 0.15) is 18.1 Å². The Kier molecular flexibility index (Phi) is 12.8. The lowest BCUT2D eigenvalue weighted by molar-refractivity contribution is -0.143. The van der Waals surface area contributed by atoms with Crippen LogP contribution in [0.1, 0.15) is 38.8 Å². The van der Waals surface area contributed by atoms with E-state index < -0.39 is 60.2 Å². The molecule has 0 aromatic carbocycles. The van der Waals surface area contributed by atoms with E-state index in [4.69, 9.17) is 11.5 Å². The molecule has 4 unspecified atom stereocenters. The summed E-state index contributed by atoms with van der Waals surface area (Å²) in [5.74, 6) is -3.68. The zero-order valence-electron chi connectivity index (χ0n) is 20.1. The molecule has 0 aliphatic rings. The molecule has 35 heavy (non-hydrogen) atoms. The van der Waals surface area contributed by atoms with Gasteiger partial charge in [-0.15, -0.1) is 0 Å². The third-order valence-electron chi connectivity index (χ3n) is 4.94. The molecule has 1 aromatic rings. The second-order valence-corrected chi connectivity index (χ2v) is 9.48. The predicted molar refractivity (Wildman–Crippen MR) is 130 cm³/mol. The van der Waals surface area contributed by atoms with Crippen LogP contribution >= 0.6 is 11.8 Å². The maximum atomic E-state index is 13.0. The zero-order valence-corrected chi connectivity index (χ0v) is 20.9. The molecular weight excluding hydrogens is 478 g/mol. The van der Waals surface area contributed by atoms with Crippen LogP contribution in [0.15, 0.2) is 12.5 Å². The first-order valence-corrected chi connectivity index (χ1v) is 12.5. The Labute approximate surface area is 207 Å². The molecule has 0 bridgehead atoms. The number of imidazole rings is 1. The Morgan fingerprint density at radius 1 is 1.06 bits per heavy atom. The van der Waals surface area contributed by atoms with E-state index in [1.807, 2.05) is 20.1 Å². The number of nitrogens with two attached hydrogens (primary N) is 2. The van der Waals surface area contributed by atoms with Crippen molar-refractivity contribution in [2.24, 2.45) is 17.4 Å². The fraction of sp³-hybridized carbons (Fsp3) is 0.619. The molecule has 4 atom stereocenters. The molecule has 0 fully saturated rings. The number of carboxylic acids is 1. The van der Waals surface area contributed by atoms with E-state index in [9.17, 15) is 29.1 Å². The Balaban J connectivity index is 3.05. The maximum Gasteiger partial charge on any atom is 0.326 e. The molecule has 9 N–H and O–H groups in total. The highest BCUT2D eigenvalue weighted by Gasteiger charge is 2.31. The van der Waals surface area contributed by atoms with Crippen LogP contribution in [0.2, 0.25) is 0 Å². The van der Waals surface area contributed by atoms with E-state index in [1.165, 1.54) is 24.3 Å². The molecule has 1 aromatic heterocycles. The minimum atomic E-state index is -1.37. The number of aromatic amines is 1. The van der Waals surface area contributed by atoms with Crippen molar-refractivity contribution in [3.63, 3.8) is 0 Å². The molecule has 4 amide bonds. The van der Waals surface area contributed by atoms with Crippen LogP contribution < -0.4 is 27.4 Å². The van der Waals surface area contributed by atoms with E-state index in [2.05, 4.69) is 25.9 Å². The van der Waals surface area contributed by atoms with Gasteiger partial charge in [0.05, 0.1) is 18.8 Å². The van der Waals surface area contributed by atoms with Crippen LogP contribution in [0.3, 0.4) is 0 Å². The number of hydrogen-bond donors (Lipinski definition) is 7. The maximum absolute atomic E-state index is 13.0. The van der Waals surface area contributed by atoms with Crippen molar-refractivity contribution >= 4 is 41.4 Å². The van der Waals surface area contributed by atoms with Gasteiger partial charge in [-0.05, 0) is 30.8 Å². The number of rotatable bonds is 16. The molecular formula is C21H35N7O6S. The van der Waals surface area contributed by atoms with Gasteiger partial charge in [0.25, 0.3) is 0 Å². The summed E-state index contributed by atoms with van der Waals surface area (Å²) < 4.78 is 0. The monoisotopic (exact) mass is 513 g/mol. The minimum absolute atomic E-state index is 0.0116. The quantitative estimate of drug-likeness (QED) is 0.136. The number of primary amides is 1. The molecule has 1 heterocycles. The number of amides is 4. The number of hydrogen-bond acceptors (Lipinski definition) is 8. The lowest BCUT2D eigenvalue weighted by atomic mass is 10.0. The first-order chi connectivity index (χ1) is 16.4. The number of carboxylic acid groups (broad SMARTS) is 1. The van der Waals surface area contributed by atoms with Crippen molar-refractivity contribution in [1.29, 1.82) is 0 Å². The number of nitrogens with zero attached hydrogens (tertiary/aromatic N) is 1. The lowest BCUT2D eigenvalue weighted by Crippen LogP contribution is -2.58. The van der Waals surface area contributed by atoms with Gasteiger partial charge in [0.2, 0.25) is 23.6 Å². The van der Waals surface area contributed by atoms with Crippen molar-refractivity contribution in [1.82, 2.24) is 25.9 Å². The van der Waals surface area contributed by atoms with Crippen LogP contribution in [0, 0.1) is 5.92 Å². The number of nitrogens with one attached hydrogen (secondary N) is 4. The normalized spacial score (nSPS) is 14.4. The predicted octanol–water partition coefficient (Wildman–Crippen LogP) is -1.51. The van der Waals surface area contributed by atoms with Gasteiger partial charge in [0, 0.05) is 18.3 Å². The fourth-order valence-corrected chi connectivity index (χ4v) is 3.62. The average Bonchev–Trinajstić information content (AvgIpc) is 3.28. The molecule has 13 nitrogen and oxygen atoms in total. The Morgan fingerprint density at radius 3 is 2.17 bits per heavy atom. The van der Waals surface area contributed by atoms with Gasteiger partial charge in [0.15, 0.2) is 0 Å². The van der Waals surface area contributed by atoms with E-state index >= 15 is 0 Å². The Bertz CT molecular complexity index is 864. The third kappa shape index (κ3) is 11.2. The van der Waals surface area contributed by atoms with E-state index in [-0.39, 0.29) is 18.8 Å². The van der Waals surface area contributed by atoms with Gasteiger partial charge < -0.3 is 37.5 Å². The highest BCUT2D eigenvalue weighted by atomic mass is 32.2. The molecule has 196 valence electrons. The summed E-state index contributed by atoms with van der Waals surface area (Å²) in [4.78, 5) is 68.2. The van der Waals surface area contributed by atoms with Gasteiger partial charge in [-0.1, -0.05) is 13.8 Å². The van der Waals surface area contributed by atoms with Crippen molar-refractivity contribution < 1.29 is 29.1 Å². The highest BCUT2D eigenvalue weighted by molar-refractivity contribution is 7.98. The van der Waals surface area contributed by atoms with E-state index in [0.717, 1.165) is 0 Å². The molecule has 0 aliphatic heterocycles. The summed E-state index contributed by atoms with van der Waals surface area (Å²) >= 11 is 1.50. The smallest absolute Gasteiger partial charge is 0.326 e. The van der Waals surface area contributed by atoms with Crippen LogP contribution in [-0.4, -0.2) is 80.8 Å². The number of aromatic nitrogens is 2. The number of aliphatic carboxylic acids is 1. The zero-order chi connectivity index (χ0) is 26.5. The summed E-state index contributed by atoms with van der Waals surface area (Å²) in [5.41, 5.74) is 11.6. The standard InChI is InChI=1S/C21H35N7O6S/c1-11(2)6-16(21(33)34)28-19(31)14(7-12-9-24-10-25-12)27-20(32)15(8-17(23)29)26-18(30)13(22)4-5-35-3/h9-11,13-16H,4-8,22H2,1-3H3,(H2,23,29)(H,24,25)(H,26,30)(H,27,32)(H,28,31)(H,33,34). The largest absolute Gasteiger partial charge is 0.480 e. The van der Waals surface area contributed by atoms with Crippen LogP contribution in [-0.2, 0) is 30.4 Å². The van der Waals surface area contributed by atoms with Crippen molar-refractivity contribution in [3.05, 3.63) is 18.2 Å². The first-order valence-electron chi connectivity index (χ1n) is 11.1. The summed E-state index contributed by atoms with van der Waals surface area (Å²) in [6.07, 6.45) is 4.66. The fourth-order valence-electron chi connectivity index (χ4n) is 3.13. The Morgan fingerprint density at radius 2 is 1.66 bits per heavy atom. The molecule has 14 heteroatoms. The molecule has 0 saturated carbocycles. The van der Waals surface area contributed by atoms with Gasteiger partial charge >= 0.3 is 5.97 Å². The van der Waals surface area contributed by atoms with Crippen molar-refractivity contribution in [3.8, 4) is 0 Å². The van der Waals surface area contributed by atoms with Crippen molar-refractivity contribution in [2.75, 3.05) is 12.0 Å². The first kappa shape index (κ1) is 29.9. The molecule has 0 saturated heterocycles. The third-order valence-corrected chi connectivity index (χ3v) is 5.59. The summed E-state index contributed by atoms with van der Waals surface area (Å²) in [6, 6.07) is -4.67. The Hall–Kier alpha value is -3.13. The van der Waals surface area contributed by atoms with Crippen LogP contribution in [0.25, 0.3) is 0 Å². The summed E-state index contributed by atoms with van der Waals surface area (Å²) in [7, 11) is 0. The van der Waals surface area contributed by atoms with Crippen LogP contribution in [0.5, 0.6) is 0 Å². The number of H-pyrrole nitrogens is 1. The minimum Gasteiger partial charge on any atom is -0.480 e. The van der Waals surface area contributed by atoms with Gasteiger partial charge in [-0.25, -0.2) is 9.78 Å². The van der Waals surface area contributed by atoms with E-state index in [1.54, 1.807) is 0 Å². The number of carbonyl (C=O) groups is 5. The second-order valence-electron chi connectivity index (χ2n) is 8.49. The molecule has 0 aliphatic carbocycles. The number of carbonyl (C=O) groups excluding carboxylic acids is 4.